The first-order valence-electron chi connectivity index (χ1n) is 4.60. The molecule has 0 saturated heterocycles. The molecule has 0 bridgehead atoms. The van der Waals surface area contributed by atoms with Gasteiger partial charge in [-0.05, 0) is 26.0 Å². The lowest BCUT2D eigenvalue weighted by atomic mass is 10.3. The summed E-state index contributed by atoms with van der Waals surface area (Å²) in [4.78, 5) is 13.2. The number of amides is 1. The zero-order valence-electron chi connectivity index (χ0n) is 8.37. The molecule has 0 aliphatic heterocycles. The number of carbonyl (C=O) groups is 1. The van der Waals surface area contributed by atoms with E-state index in [-0.39, 0.29) is 5.91 Å². The molecular weight excluding hydrogens is 202 g/mol. The molecule has 0 N–H and O–H groups in total. The predicted octanol–water partition coefficient (Wildman–Crippen LogP) is 2.26. The average molecular weight is 216 g/mol. The number of nitrogens with zero attached hydrogens (tertiary/aromatic N) is 1. The van der Waals surface area contributed by atoms with Crippen molar-refractivity contribution < 1.29 is 9.21 Å². The maximum Gasteiger partial charge on any atom is 0.240 e. The molecule has 0 saturated carbocycles. The van der Waals surface area contributed by atoms with Crippen molar-refractivity contribution in [3.63, 3.8) is 0 Å². The Hall–Kier alpha value is -0.960. The van der Waals surface area contributed by atoms with Gasteiger partial charge >= 0.3 is 0 Å². The van der Waals surface area contributed by atoms with Crippen molar-refractivity contribution in [1.29, 1.82) is 0 Å². The fourth-order valence-electron chi connectivity index (χ4n) is 1.19. The molecule has 0 radical (unpaired) electrons. The van der Waals surface area contributed by atoms with E-state index in [1.54, 1.807) is 24.2 Å². The highest BCUT2D eigenvalue weighted by Crippen LogP contribution is 2.08. The van der Waals surface area contributed by atoms with Crippen molar-refractivity contribution in [1.82, 2.24) is 4.90 Å². The van der Waals surface area contributed by atoms with Gasteiger partial charge in [0.1, 0.15) is 11.1 Å². The second-order valence-corrected chi connectivity index (χ2v) is 3.70. The van der Waals surface area contributed by atoms with Crippen LogP contribution in [0.3, 0.4) is 0 Å². The van der Waals surface area contributed by atoms with Crippen molar-refractivity contribution in [3.05, 3.63) is 24.2 Å². The lowest BCUT2D eigenvalue weighted by Gasteiger charge is -2.20. The van der Waals surface area contributed by atoms with Gasteiger partial charge in [-0.2, -0.15) is 0 Å². The average Bonchev–Trinajstić information content (AvgIpc) is 2.65. The molecule has 0 aromatic carbocycles. The van der Waals surface area contributed by atoms with Crippen LogP contribution in [-0.4, -0.2) is 22.7 Å². The number of halogens is 1. The third-order valence-electron chi connectivity index (χ3n) is 1.96. The molecule has 1 rings (SSSR count). The molecule has 1 heterocycles. The first-order valence-corrected chi connectivity index (χ1v) is 5.04. The third kappa shape index (κ3) is 2.77. The quantitative estimate of drug-likeness (QED) is 0.722. The normalized spacial score (nSPS) is 12.5. The van der Waals surface area contributed by atoms with Crippen LogP contribution in [0.5, 0.6) is 0 Å². The molecule has 78 valence electrons. The Morgan fingerprint density at radius 1 is 1.71 bits per heavy atom. The first kappa shape index (κ1) is 11.1. The Labute approximate surface area is 88.6 Å². The maximum atomic E-state index is 11.6. The second kappa shape index (κ2) is 5.05. The molecule has 0 fully saturated rings. The second-order valence-electron chi connectivity index (χ2n) is 3.05. The molecule has 1 atom stereocenters. The lowest BCUT2D eigenvalue weighted by Crippen LogP contribution is -2.34. The van der Waals surface area contributed by atoms with E-state index in [9.17, 15) is 4.79 Å². The standard InChI is InChI=1S/C10H14ClNO2/c1-3-12(10(13)8(2)11)7-9-5-4-6-14-9/h4-6,8H,3,7H2,1-2H3. The van der Waals surface area contributed by atoms with Gasteiger partial charge in [-0.15, -0.1) is 11.6 Å². The largest absolute Gasteiger partial charge is 0.467 e. The summed E-state index contributed by atoms with van der Waals surface area (Å²) in [5.74, 6) is 0.711. The van der Waals surface area contributed by atoms with Crippen LogP contribution in [-0.2, 0) is 11.3 Å². The fourth-order valence-corrected chi connectivity index (χ4v) is 1.33. The summed E-state index contributed by atoms with van der Waals surface area (Å²) in [6, 6.07) is 3.65. The van der Waals surface area contributed by atoms with Crippen LogP contribution in [0.2, 0.25) is 0 Å². The molecule has 14 heavy (non-hydrogen) atoms. The molecule has 0 aliphatic rings. The van der Waals surface area contributed by atoms with Crippen molar-refractivity contribution in [3.8, 4) is 0 Å². The van der Waals surface area contributed by atoms with E-state index in [0.29, 0.717) is 13.1 Å². The molecule has 4 heteroatoms. The molecule has 1 aromatic heterocycles. The van der Waals surface area contributed by atoms with Crippen molar-refractivity contribution in [2.45, 2.75) is 25.8 Å². The number of furan rings is 1. The number of alkyl halides is 1. The smallest absolute Gasteiger partial charge is 0.240 e. The van der Waals surface area contributed by atoms with Crippen molar-refractivity contribution in [2.24, 2.45) is 0 Å². The van der Waals surface area contributed by atoms with Gasteiger partial charge in [0.2, 0.25) is 5.91 Å². The Balaban J connectivity index is 2.60. The molecule has 1 amide bonds. The van der Waals surface area contributed by atoms with Crippen molar-refractivity contribution in [2.75, 3.05) is 6.54 Å². The van der Waals surface area contributed by atoms with E-state index >= 15 is 0 Å². The predicted molar refractivity (Wildman–Crippen MR) is 55.1 cm³/mol. The molecular formula is C10H14ClNO2. The Bertz CT molecular complexity index is 282. The van der Waals surface area contributed by atoms with Crippen LogP contribution in [0, 0.1) is 0 Å². The minimum absolute atomic E-state index is 0.0643. The summed E-state index contributed by atoms with van der Waals surface area (Å²) in [6.45, 7) is 4.71. The van der Waals surface area contributed by atoms with E-state index in [1.165, 1.54) is 0 Å². The molecule has 3 nitrogen and oxygen atoms in total. The van der Waals surface area contributed by atoms with E-state index < -0.39 is 5.38 Å². The highest BCUT2D eigenvalue weighted by molar-refractivity contribution is 6.30. The lowest BCUT2D eigenvalue weighted by molar-refractivity contribution is -0.131. The molecule has 0 spiro atoms. The summed E-state index contributed by atoms with van der Waals surface area (Å²) in [5.41, 5.74) is 0. The van der Waals surface area contributed by atoms with Crippen LogP contribution in [0.15, 0.2) is 22.8 Å². The van der Waals surface area contributed by atoms with Gasteiger partial charge in [-0.25, -0.2) is 0 Å². The van der Waals surface area contributed by atoms with Crippen molar-refractivity contribution >= 4 is 17.5 Å². The van der Waals surface area contributed by atoms with Crippen LogP contribution >= 0.6 is 11.6 Å². The summed E-state index contributed by atoms with van der Waals surface area (Å²) in [7, 11) is 0. The Kier molecular flexibility index (Phi) is 4.01. The summed E-state index contributed by atoms with van der Waals surface area (Å²) in [5, 5.41) is -0.482. The van der Waals surface area contributed by atoms with Gasteiger partial charge in [-0.1, -0.05) is 0 Å². The minimum Gasteiger partial charge on any atom is -0.467 e. The van der Waals surface area contributed by atoms with E-state index in [2.05, 4.69) is 0 Å². The summed E-state index contributed by atoms with van der Waals surface area (Å²) >= 11 is 5.72. The highest BCUT2D eigenvalue weighted by Gasteiger charge is 2.17. The zero-order chi connectivity index (χ0) is 10.6. The first-order chi connectivity index (χ1) is 6.65. The maximum absolute atomic E-state index is 11.6. The molecule has 0 aliphatic carbocycles. The van der Waals surface area contributed by atoms with Gasteiger partial charge in [0, 0.05) is 6.54 Å². The van der Waals surface area contributed by atoms with Gasteiger partial charge in [0.25, 0.3) is 0 Å². The van der Waals surface area contributed by atoms with Gasteiger partial charge in [0.15, 0.2) is 0 Å². The third-order valence-corrected chi connectivity index (χ3v) is 2.15. The topological polar surface area (TPSA) is 33.5 Å². The molecule has 1 unspecified atom stereocenters. The van der Waals surface area contributed by atoms with Gasteiger partial charge < -0.3 is 9.32 Å². The fraction of sp³-hybridized carbons (Fsp3) is 0.500. The summed E-state index contributed by atoms with van der Waals surface area (Å²) in [6.07, 6.45) is 1.60. The van der Waals surface area contributed by atoms with Gasteiger partial charge in [-0.3, -0.25) is 4.79 Å². The van der Waals surface area contributed by atoms with E-state index in [0.717, 1.165) is 5.76 Å². The zero-order valence-corrected chi connectivity index (χ0v) is 9.12. The highest BCUT2D eigenvalue weighted by atomic mass is 35.5. The van der Waals surface area contributed by atoms with Crippen LogP contribution in [0.25, 0.3) is 0 Å². The summed E-state index contributed by atoms with van der Waals surface area (Å²) < 4.78 is 5.16. The van der Waals surface area contributed by atoms with E-state index in [1.807, 2.05) is 13.0 Å². The SMILES string of the molecule is CCN(Cc1ccco1)C(=O)C(C)Cl. The monoisotopic (exact) mass is 215 g/mol. The minimum atomic E-state index is -0.482. The Morgan fingerprint density at radius 3 is 2.86 bits per heavy atom. The van der Waals surface area contributed by atoms with Gasteiger partial charge in [0.05, 0.1) is 12.8 Å². The number of hydrogen-bond acceptors (Lipinski definition) is 2. The Morgan fingerprint density at radius 2 is 2.43 bits per heavy atom. The molecule has 1 aromatic rings. The number of rotatable bonds is 4. The van der Waals surface area contributed by atoms with Crippen LogP contribution in [0.1, 0.15) is 19.6 Å². The number of carbonyl (C=O) groups excluding carboxylic acids is 1. The van der Waals surface area contributed by atoms with E-state index in [4.69, 9.17) is 16.0 Å². The van der Waals surface area contributed by atoms with Crippen LogP contribution < -0.4 is 0 Å². The van der Waals surface area contributed by atoms with Crippen LogP contribution in [0.4, 0.5) is 0 Å². The number of hydrogen-bond donors (Lipinski definition) is 0.